The first-order valence-corrected chi connectivity index (χ1v) is 8.97. The van der Waals surface area contributed by atoms with Crippen LogP contribution >= 0.6 is 11.3 Å². The van der Waals surface area contributed by atoms with E-state index in [2.05, 4.69) is 16.3 Å². The van der Waals surface area contributed by atoms with Crippen LogP contribution in [0, 0.1) is 11.3 Å². The molecule has 0 amide bonds. The van der Waals surface area contributed by atoms with Gasteiger partial charge in [0.1, 0.15) is 23.1 Å². The first-order valence-electron chi connectivity index (χ1n) is 8.09. The SMILES string of the molecule is COc1cc(OC)cc([C@H]2C(C#N)=C(N)Oc3n[nH]c(-c4cccs4)c32)c1. The number of H-pyrrole nitrogens is 1. The minimum atomic E-state index is -0.460. The molecule has 0 saturated carbocycles. The van der Waals surface area contributed by atoms with Crippen molar-refractivity contribution in [3.05, 3.63) is 58.3 Å². The molecular formula is C19H16N4O3S. The van der Waals surface area contributed by atoms with E-state index < -0.39 is 5.92 Å². The van der Waals surface area contributed by atoms with Gasteiger partial charge in [-0.15, -0.1) is 16.4 Å². The Morgan fingerprint density at radius 1 is 1.26 bits per heavy atom. The van der Waals surface area contributed by atoms with Crippen LogP contribution < -0.4 is 19.9 Å². The van der Waals surface area contributed by atoms with Crippen LogP contribution in [-0.4, -0.2) is 24.4 Å². The van der Waals surface area contributed by atoms with Crippen LogP contribution in [0.15, 0.2) is 47.2 Å². The van der Waals surface area contributed by atoms with Crippen molar-refractivity contribution in [3.8, 4) is 34.0 Å². The van der Waals surface area contributed by atoms with Gasteiger partial charge < -0.3 is 19.9 Å². The summed E-state index contributed by atoms with van der Waals surface area (Å²) in [5, 5.41) is 19.0. The molecule has 1 aliphatic heterocycles. The zero-order chi connectivity index (χ0) is 19.0. The number of ether oxygens (including phenoxy) is 3. The predicted molar refractivity (Wildman–Crippen MR) is 101 cm³/mol. The summed E-state index contributed by atoms with van der Waals surface area (Å²) in [6, 6.07) is 11.6. The van der Waals surface area contributed by atoms with Gasteiger partial charge in [0.2, 0.25) is 11.8 Å². The highest BCUT2D eigenvalue weighted by atomic mass is 32.1. The molecular weight excluding hydrogens is 364 g/mol. The van der Waals surface area contributed by atoms with Crippen molar-refractivity contribution < 1.29 is 14.2 Å². The molecule has 0 radical (unpaired) electrons. The first-order chi connectivity index (χ1) is 13.2. The van der Waals surface area contributed by atoms with Gasteiger partial charge in [0.15, 0.2) is 0 Å². The Balaban J connectivity index is 1.97. The fraction of sp³-hybridized carbons (Fsp3) is 0.158. The van der Waals surface area contributed by atoms with Crippen molar-refractivity contribution in [2.45, 2.75) is 5.92 Å². The molecule has 0 bridgehead atoms. The number of allylic oxidation sites excluding steroid dienone is 1. The topological polar surface area (TPSA) is 106 Å². The van der Waals surface area contributed by atoms with Crippen LogP contribution in [0.1, 0.15) is 17.0 Å². The minimum Gasteiger partial charge on any atom is -0.497 e. The first kappa shape index (κ1) is 17.0. The number of nitrogens with one attached hydrogen (secondary N) is 1. The maximum atomic E-state index is 9.77. The van der Waals surface area contributed by atoms with Gasteiger partial charge in [0.05, 0.1) is 36.3 Å². The number of fused-ring (bicyclic) bond motifs is 1. The van der Waals surface area contributed by atoms with Crippen molar-refractivity contribution >= 4 is 11.3 Å². The van der Waals surface area contributed by atoms with Gasteiger partial charge in [-0.25, -0.2) is 0 Å². The van der Waals surface area contributed by atoms with Crippen LogP contribution in [0.3, 0.4) is 0 Å². The number of hydrogen-bond acceptors (Lipinski definition) is 7. The molecule has 1 aromatic carbocycles. The molecule has 0 saturated heterocycles. The van der Waals surface area contributed by atoms with Crippen LogP contribution in [0.25, 0.3) is 10.6 Å². The summed E-state index contributed by atoms with van der Waals surface area (Å²) < 4.78 is 16.4. The van der Waals surface area contributed by atoms with Crippen molar-refractivity contribution in [2.75, 3.05) is 14.2 Å². The number of aromatic amines is 1. The van der Waals surface area contributed by atoms with Gasteiger partial charge in [-0.2, -0.15) is 5.26 Å². The summed E-state index contributed by atoms with van der Waals surface area (Å²) in [5.74, 6) is 1.19. The quantitative estimate of drug-likeness (QED) is 0.719. The second-order valence-corrected chi connectivity index (χ2v) is 6.81. The van der Waals surface area contributed by atoms with E-state index in [0.717, 1.165) is 21.7 Å². The zero-order valence-corrected chi connectivity index (χ0v) is 15.5. The van der Waals surface area contributed by atoms with E-state index in [1.807, 2.05) is 29.6 Å². The highest BCUT2D eigenvalue weighted by molar-refractivity contribution is 7.13. The number of thiophene rings is 1. The Bertz CT molecular complexity index is 1040. The smallest absolute Gasteiger partial charge is 0.244 e. The summed E-state index contributed by atoms with van der Waals surface area (Å²) in [6.07, 6.45) is 0. The molecule has 0 unspecified atom stereocenters. The molecule has 1 aliphatic rings. The number of nitrogens with zero attached hydrogens (tertiary/aromatic N) is 2. The van der Waals surface area contributed by atoms with Crippen LogP contribution in [-0.2, 0) is 0 Å². The Morgan fingerprint density at radius 3 is 2.59 bits per heavy atom. The largest absolute Gasteiger partial charge is 0.497 e. The number of hydrogen-bond donors (Lipinski definition) is 2. The molecule has 136 valence electrons. The van der Waals surface area contributed by atoms with Crippen LogP contribution in [0.5, 0.6) is 17.4 Å². The molecule has 7 nitrogen and oxygen atoms in total. The fourth-order valence-electron chi connectivity index (χ4n) is 3.18. The van der Waals surface area contributed by atoms with Gasteiger partial charge in [-0.1, -0.05) is 6.07 Å². The summed E-state index contributed by atoms with van der Waals surface area (Å²) in [6.45, 7) is 0. The van der Waals surface area contributed by atoms with E-state index in [9.17, 15) is 5.26 Å². The lowest BCUT2D eigenvalue weighted by Gasteiger charge is -2.24. The minimum absolute atomic E-state index is 0.0426. The van der Waals surface area contributed by atoms with Crippen molar-refractivity contribution in [1.29, 1.82) is 5.26 Å². The number of methoxy groups -OCH3 is 2. The molecule has 2 aromatic heterocycles. The zero-order valence-electron chi connectivity index (χ0n) is 14.6. The van der Waals surface area contributed by atoms with Crippen molar-refractivity contribution in [3.63, 3.8) is 0 Å². The van der Waals surface area contributed by atoms with E-state index in [1.54, 1.807) is 31.6 Å². The monoisotopic (exact) mass is 380 g/mol. The Hall–Kier alpha value is -3.44. The van der Waals surface area contributed by atoms with Gasteiger partial charge in [-0.3, -0.25) is 5.10 Å². The number of nitrogens with two attached hydrogens (primary N) is 1. The Labute approximate surface area is 159 Å². The van der Waals surface area contributed by atoms with Gasteiger partial charge in [-0.05, 0) is 29.1 Å². The summed E-state index contributed by atoms with van der Waals surface area (Å²) in [5.41, 5.74) is 8.70. The van der Waals surface area contributed by atoms with Gasteiger partial charge in [0.25, 0.3) is 0 Å². The lowest BCUT2D eigenvalue weighted by Crippen LogP contribution is -2.21. The molecule has 0 aliphatic carbocycles. The van der Waals surface area contributed by atoms with E-state index in [4.69, 9.17) is 19.9 Å². The van der Waals surface area contributed by atoms with Gasteiger partial charge in [0, 0.05) is 6.07 Å². The molecule has 27 heavy (non-hydrogen) atoms. The Morgan fingerprint density at radius 2 is 2.00 bits per heavy atom. The molecule has 3 heterocycles. The van der Waals surface area contributed by atoms with E-state index in [0.29, 0.717) is 23.0 Å². The maximum absolute atomic E-state index is 9.77. The third-order valence-electron chi connectivity index (χ3n) is 4.41. The average molecular weight is 380 g/mol. The molecule has 3 aromatic rings. The third-order valence-corrected chi connectivity index (χ3v) is 5.30. The predicted octanol–water partition coefficient (Wildman–Crippen LogP) is 3.37. The molecule has 0 spiro atoms. The molecule has 8 heteroatoms. The third kappa shape index (κ3) is 2.78. The summed E-state index contributed by atoms with van der Waals surface area (Å²) in [7, 11) is 3.16. The molecule has 1 atom stereocenters. The second-order valence-electron chi connectivity index (χ2n) is 5.87. The summed E-state index contributed by atoms with van der Waals surface area (Å²) >= 11 is 1.57. The average Bonchev–Trinajstić information content (AvgIpc) is 3.35. The standard InChI is InChI=1S/C19H16N4O3S/c1-24-11-6-10(7-12(8-11)25-2)15-13(9-20)18(21)26-19-16(15)17(22-23-19)14-4-3-5-27-14/h3-8,15H,21H2,1-2H3,(H,22,23)/t15-/m0/s1. The second kappa shape index (κ2) is 6.70. The highest BCUT2D eigenvalue weighted by Crippen LogP contribution is 2.47. The highest BCUT2D eigenvalue weighted by Gasteiger charge is 2.36. The summed E-state index contributed by atoms with van der Waals surface area (Å²) in [4.78, 5) is 0.991. The van der Waals surface area contributed by atoms with Crippen molar-refractivity contribution in [1.82, 2.24) is 10.2 Å². The Kier molecular flexibility index (Phi) is 4.22. The number of benzene rings is 1. The van der Waals surface area contributed by atoms with Crippen LogP contribution in [0.2, 0.25) is 0 Å². The van der Waals surface area contributed by atoms with Crippen LogP contribution in [0.4, 0.5) is 0 Å². The fourth-order valence-corrected chi connectivity index (χ4v) is 3.92. The molecule has 0 fully saturated rings. The number of nitriles is 1. The van der Waals surface area contributed by atoms with E-state index in [-0.39, 0.29) is 5.88 Å². The van der Waals surface area contributed by atoms with Crippen molar-refractivity contribution in [2.24, 2.45) is 5.73 Å². The lowest BCUT2D eigenvalue weighted by atomic mass is 9.83. The molecule has 3 N–H and O–H groups in total. The van der Waals surface area contributed by atoms with Gasteiger partial charge >= 0.3 is 0 Å². The van der Waals surface area contributed by atoms with E-state index in [1.165, 1.54) is 0 Å². The maximum Gasteiger partial charge on any atom is 0.244 e. The lowest BCUT2D eigenvalue weighted by molar-refractivity contribution is 0.377. The van der Waals surface area contributed by atoms with E-state index >= 15 is 0 Å². The normalized spacial score (nSPS) is 15.7. The number of rotatable bonds is 4. The molecule has 4 rings (SSSR count). The number of aromatic nitrogens is 2.